The standard InChI is InChI=1S/C13H23N3O2S/c1-4-6-7-10(3)12-14-15-13(16(12)8-5-2)19-9-11(17)18/h10H,4-9H2,1-3H3,(H,17,18). The SMILES string of the molecule is CCCCC(C)c1nnc(SCC(=O)O)n1CCC. The summed E-state index contributed by atoms with van der Waals surface area (Å²) in [6.45, 7) is 7.29. The molecule has 0 bridgehead atoms. The molecule has 19 heavy (non-hydrogen) atoms. The van der Waals surface area contributed by atoms with Gasteiger partial charge in [-0.15, -0.1) is 10.2 Å². The van der Waals surface area contributed by atoms with Crippen molar-refractivity contribution in [3.63, 3.8) is 0 Å². The van der Waals surface area contributed by atoms with E-state index >= 15 is 0 Å². The highest BCUT2D eigenvalue weighted by Gasteiger charge is 2.17. The van der Waals surface area contributed by atoms with Gasteiger partial charge in [0.2, 0.25) is 0 Å². The van der Waals surface area contributed by atoms with Crippen LogP contribution in [0.1, 0.15) is 58.2 Å². The van der Waals surface area contributed by atoms with Crippen LogP contribution in [-0.2, 0) is 11.3 Å². The molecule has 0 radical (unpaired) electrons. The van der Waals surface area contributed by atoms with E-state index in [0.29, 0.717) is 5.92 Å². The lowest BCUT2D eigenvalue weighted by Gasteiger charge is -2.13. The van der Waals surface area contributed by atoms with E-state index in [-0.39, 0.29) is 5.75 Å². The number of hydrogen-bond donors (Lipinski definition) is 1. The molecule has 0 saturated carbocycles. The predicted octanol–water partition coefficient (Wildman–Crippen LogP) is 3.16. The molecular weight excluding hydrogens is 262 g/mol. The molecule has 0 fully saturated rings. The molecule has 1 rings (SSSR count). The van der Waals surface area contributed by atoms with Crippen LogP contribution in [0.5, 0.6) is 0 Å². The highest BCUT2D eigenvalue weighted by molar-refractivity contribution is 7.99. The quantitative estimate of drug-likeness (QED) is 0.706. The zero-order chi connectivity index (χ0) is 14.3. The summed E-state index contributed by atoms with van der Waals surface area (Å²) in [5, 5.41) is 17.9. The van der Waals surface area contributed by atoms with Crippen LogP contribution in [0.3, 0.4) is 0 Å². The molecule has 0 saturated heterocycles. The third-order valence-electron chi connectivity index (χ3n) is 2.95. The number of hydrogen-bond acceptors (Lipinski definition) is 4. The minimum atomic E-state index is -0.823. The summed E-state index contributed by atoms with van der Waals surface area (Å²) in [4.78, 5) is 10.6. The van der Waals surface area contributed by atoms with Crippen molar-refractivity contribution in [1.29, 1.82) is 0 Å². The van der Waals surface area contributed by atoms with E-state index in [1.807, 2.05) is 0 Å². The van der Waals surface area contributed by atoms with Gasteiger partial charge in [-0.1, -0.05) is 45.4 Å². The molecule has 1 atom stereocenters. The zero-order valence-electron chi connectivity index (χ0n) is 11.9. The van der Waals surface area contributed by atoms with Crippen molar-refractivity contribution in [1.82, 2.24) is 14.8 Å². The van der Waals surface area contributed by atoms with E-state index in [2.05, 4.69) is 35.5 Å². The first-order chi connectivity index (χ1) is 9.10. The molecule has 0 spiro atoms. The highest BCUT2D eigenvalue weighted by atomic mass is 32.2. The topological polar surface area (TPSA) is 68.0 Å². The highest BCUT2D eigenvalue weighted by Crippen LogP contribution is 2.25. The maximum atomic E-state index is 10.6. The van der Waals surface area contributed by atoms with Gasteiger partial charge in [0.25, 0.3) is 0 Å². The second-order valence-electron chi connectivity index (χ2n) is 4.72. The lowest BCUT2D eigenvalue weighted by atomic mass is 10.0. The largest absolute Gasteiger partial charge is 0.481 e. The zero-order valence-corrected chi connectivity index (χ0v) is 12.7. The van der Waals surface area contributed by atoms with Crippen molar-refractivity contribution in [2.24, 2.45) is 0 Å². The monoisotopic (exact) mass is 285 g/mol. The van der Waals surface area contributed by atoms with Crippen LogP contribution in [0, 0.1) is 0 Å². The summed E-state index contributed by atoms with van der Waals surface area (Å²) < 4.78 is 2.08. The molecule has 0 amide bonds. The molecule has 1 N–H and O–H groups in total. The summed E-state index contributed by atoms with van der Waals surface area (Å²) in [6.07, 6.45) is 4.44. The van der Waals surface area contributed by atoms with E-state index in [9.17, 15) is 4.79 Å². The molecule has 0 aromatic carbocycles. The van der Waals surface area contributed by atoms with Gasteiger partial charge in [0.15, 0.2) is 5.16 Å². The van der Waals surface area contributed by atoms with E-state index in [4.69, 9.17) is 5.11 Å². The fourth-order valence-corrected chi connectivity index (χ4v) is 2.66. The van der Waals surface area contributed by atoms with Gasteiger partial charge in [-0.25, -0.2) is 0 Å². The van der Waals surface area contributed by atoms with Gasteiger partial charge in [-0.3, -0.25) is 4.79 Å². The van der Waals surface area contributed by atoms with E-state index in [0.717, 1.165) is 30.4 Å². The Morgan fingerprint density at radius 1 is 1.37 bits per heavy atom. The molecule has 1 unspecified atom stereocenters. The van der Waals surface area contributed by atoms with Crippen molar-refractivity contribution in [3.8, 4) is 0 Å². The third-order valence-corrected chi connectivity index (χ3v) is 3.90. The Labute approximate surface area is 118 Å². The summed E-state index contributed by atoms with van der Waals surface area (Å²) in [5.41, 5.74) is 0. The van der Waals surface area contributed by atoms with Crippen LogP contribution in [0.25, 0.3) is 0 Å². The lowest BCUT2D eigenvalue weighted by molar-refractivity contribution is -0.133. The number of unbranched alkanes of at least 4 members (excludes halogenated alkanes) is 1. The third kappa shape index (κ3) is 4.86. The second-order valence-corrected chi connectivity index (χ2v) is 5.66. The lowest BCUT2D eigenvalue weighted by Crippen LogP contribution is -2.09. The van der Waals surface area contributed by atoms with Crippen LogP contribution >= 0.6 is 11.8 Å². The summed E-state index contributed by atoms with van der Waals surface area (Å²) >= 11 is 1.25. The fraction of sp³-hybridized carbons (Fsp3) is 0.769. The summed E-state index contributed by atoms with van der Waals surface area (Å²) in [5.74, 6) is 0.573. The van der Waals surface area contributed by atoms with Crippen molar-refractivity contribution >= 4 is 17.7 Å². The minimum absolute atomic E-state index is 0.0329. The summed E-state index contributed by atoms with van der Waals surface area (Å²) in [6, 6.07) is 0. The molecular formula is C13H23N3O2S. The van der Waals surface area contributed by atoms with E-state index in [1.165, 1.54) is 24.6 Å². The maximum Gasteiger partial charge on any atom is 0.313 e. The molecule has 0 aliphatic rings. The molecule has 0 aliphatic carbocycles. The molecule has 5 nitrogen and oxygen atoms in total. The number of carbonyl (C=O) groups is 1. The molecule has 1 aromatic rings. The number of nitrogens with zero attached hydrogens (tertiary/aromatic N) is 3. The number of aliphatic carboxylic acids is 1. The molecule has 108 valence electrons. The van der Waals surface area contributed by atoms with Crippen LogP contribution in [0.15, 0.2) is 5.16 Å². The normalized spacial score (nSPS) is 12.6. The summed E-state index contributed by atoms with van der Waals surface area (Å²) in [7, 11) is 0. The average molecular weight is 285 g/mol. The Balaban J connectivity index is 2.82. The Bertz CT molecular complexity index is 407. The van der Waals surface area contributed by atoms with Crippen LogP contribution in [0.2, 0.25) is 0 Å². The number of aromatic nitrogens is 3. The van der Waals surface area contributed by atoms with Crippen molar-refractivity contribution in [2.75, 3.05) is 5.75 Å². The van der Waals surface area contributed by atoms with Gasteiger partial charge in [0, 0.05) is 12.5 Å². The maximum absolute atomic E-state index is 10.6. The number of thioether (sulfide) groups is 1. The van der Waals surface area contributed by atoms with Gasteiger partial charge in [-0.2, -0.15) is 0 Å². The number of rotatable bonds is 9. The van der Waals surface area contributed by atoms with Crippen molar-refractivity contribution in [2.45, 2.75) is 64.1 Å². The molecule has 1 heterocycles. The van der Waals surface area contributed by atoms with Gasteiger partial charge >= 0.3 is 5.97 Å². The Morgan fingerprint density at radius 2 is 2.11 bits per heavy atom. The first kappa shape index (κ1) is 16.0. The Kier molecular flexibility index (Phi) is 6.91. The Hall–Kier alpha value is -1.04. The fourth-order valence-electron chi connectivity index (χ4n) is 1.97. The molecule has 1 aromatic heterocycles. The predicted molar refractivity (Wildman–Crippen MR) is 76.6 cm³/mol. The van der Waals surface area contributed by atoms with Crippen molar-refractivity contribution < 1.29 is 9.90 Å². The first-order valence-electron chi connectivity index (χ1n) is 6.87. The van der Waals surface area contributed by atoms with E-state index in [1.54, 1.807) is 0 Å². The first-order valence-corrected chi connectivity index (χ1v) is 7.86. The van der Waals surface area contributed by atoms with Crippen LogP contribution in [-0.4, -0.2) is 31.6 Å². The average Bonchev–Trinajstić information content (AvgIpc) is 2.77. The Morgan fingerprint density at radius 3 is 2.68 bits per heavy atom. The van der Waals surface area contributed by atoms with Gasteiger partial charge in [0.05, 0.1) is 5.75 Å². The van der Waals surface area contributed by atoms with Gasteiger partial charge < -0.3 is 9.67 Å². The van der Waals surface area contributed by atoms with Crippen molar-refractivity contribution in [3.05, 3.63) is 5.82 Å². The minimum Gasteiger partial charge on any atom is -0.481 e. The molecule has 6 heteroatoms. The van der Waals surface area contributed by atoms with Gasteiger partial charge in [0.1, 0.15) is 5.82 Å². The number of carboxylic acids is 1. The molecule has 0 aliphatic heterocycles. The van der Waals surface area contributed by atoms with E-state index < -0.39 is 5.97 Å². The van der Waals surface area contributed by atoms with Crippen LogP contribution in [0.4, 0.5) is 0 Å². The van der Waals surface area contributed by atoms with Gasteiger partial charge in [-0.05, 0) is 12.8 Å². The smallest absolute Gasteiger partial charge is 0.313 e. The number of carboxylic acid groups (broad SMARTS) is 1. The second kappa shape index (κ2) is 8.19. The van der Waals surface area contributed by atoms with Crippen LogP contribution < -0.4 is 0 Å².